The number of allylic oxidation sites excluding steroid dienone is 7. The first-order valence-electron chi connectivity index (χ1n) is 11.9. The first kappa shape index (κ1) is 28.5. The molecule has 0 spiro atoms. The maximum atomic E-state index is 14.5. The minimum Gasteiger partial charge on any atom is -0.370 e. The molecule has 0 aromatic heterocycles. The fourth-order valence-electron chi connectivity index (χ4n) is 3.83. The molecule has 1 saturated heterocycles. The van der Waals surface area contributed by atoms with E-state index < -0.39 is 17.5 Å². The number of halogens is 3. The van der Waals surface area contributed by atoms with Gasteiger partial charge in [0.15, 0.2) is 0 Å². The van der Waals surface area contributed by atoms with Crippen LogP contribution in [0.15, 0.2) is 102 Å². The lowest BCUT2D eigenvalue weighted by atomic mass is 9.89. The topological polar surface area (TPSA) is 39.1 Å². The molecule has 1 fully saturated rings. The lowest BCUT2D eigenvalue weighted by molar-refractivity contribution is 0.227. The molecule has 1 heterocycles. The first-order chi connectivity index (χ1) is 17.0. The van der Waals surface area contributed by atoms with Crippen molar-refractivity contribution in [3.05, 3.63) is 119 Å². The molecule has 0 aliphatic carbocycles. The average molecular weight is 494 g/mol. The van der Waals surface area contributed by atoms with E-state index in [1.807, 2.05) is 13.8 Å². The summed E-state index contributed by atoms with van der Waals surface area (Å²) in [7, 11) is 0. The molecule has 0 atom stereocenters. The summed E-state index contributed by atoms with van der Waals surface area (Å²) in [5, 5.41) is 12.5. The van der Waals surface area contributed by atoms with Crippen LogP contribution in [0.2, 0.25) is 0 Å². The number of nitriles is 1. The normalized spacial score (nSPS) is 15.2. The van der Waals surface area contributed by atoms with Crippen molar-refractivity contribution in [1.29, 1.82) is 5.26 Å². The summed E-state index contributed by atoms with van der Waals surface area (Å²) in [6.07, 6.45) is 8.45. The van der Waals surface area contributed by atoms with E-state index in [-0.39, 0.29) is 17.2 Å². The summed E-state index contributed by atoms with van der Waals surface area (Å²) in [5.41, 5.74) is 3.40. The smallest absolute Gasteiger partial charge is 0.131 e. The fourth-order valence-corrected chi connectivity index (χ4v) is 3.83. The molecule has 36 heavy (non-hydrogen) atoms. The Morgan fingerprint density at radius 3 is 2.39 bits per heavy atom. The van der Waals surface area contributed by atoms with Crippen molar-refractivity contribution in [2.24, 2.45) is 5.92 Å². The van der Waals surface area contributed by atoms with Gasteiger partial charge in [-0.1, -0.05) is 43.5 Å². The van der Waals surface area contributed by atoms with E-state index in [0.717, 1.165) is 24.5 Å². The highest BCUT2D eigenvalue weighted by molar-refractivity contribution is 5.47. The van der Waals surface area contributed by atoms with Crippen molar-refractivity contribution in [2.45, 2.75) is 40.0 Å². The van der Waals surface area contributed by atoms with Gasteiger partial charge < -0.3 is 10.2 Å². The van der Waals surface area contributed by atoms with Gasteiger partial charge in [-0.25, -0.2) is 13.2 Å². The number of hydrogen-bond acceptors (Lipinski definition) is 3. The minimum absolute atomic E-state index is 0.102. The number of rotatable bonds is 10. The summed E-state index contributed by atoms with van der Waals surface area (Å²) >= 11 is 0. The maximum Gasteiger partial charge on any atom is 0.131 e. The molecule has 190 valence electrons. The van der Waals surface area contributed by atoms with Crippen molar-refractivity contribution in [3.63, 3.8) is 0 Å². The quantitative estimate of drug-likeness (QED) is 0.270. The van der Waals surface area contributed by atoms with Gasteiger partial charge in [0.05, 0.1) is 17.5 Å². The Hall–Kier alpha value is -3.72. The monoisotopic (exact) mass is 493 g/mol. The van der Waals surface area contributed by atoms with Crippen molar-refractivity contribution < 1.29 is 13.2 Å². The number of piperidine rings is 1. The van der Waals surface area contributed by atoms with Crippen LogP contribution in [-0.4, -0.2) is 18.0 Å². The Kier molecular flexibility index (Phi) is 10.6. The standard InChI is InChI=1S/C30H34F3N3/c1-7-24(19-34)17-30(35-22(5)21(4)28(32)11-8-20(2)3)23(6)36-14-12-25(13-15-36)16-26-9-10-27(31)18-29(26)33/h7-11,17-18,25,35H,4-6,12-16H2,1-3H3/b24-7+,28-11+,30-17+. The largest absolute Gasteiger partial charge is 0.370 e. The van der Waals surface area contributed by atoms with E-state index >= 15 is 0 Å². The molecule has 2 rings (SSSR count). The third-order valence-corrected chi connectivity index (χ3v) is 6.07. The Balaban J connectivity index is 2.13. The van der Waals surface area contributed by atoms with E-state index in [9.17, 15) is 18.4 Å². The van der Waals surface area contributed by atoms with Crippen molar-refractivity contribution in [2.75, 3.05) is 13.1 Å². The van der Waals surface area contributed by atoms with Gasteiger partial charge >= 0.3 is 0 Å². The predicted octanol–water partition coefficient (Wildman–Crippen LogP) is 7.57. The second kappa shape index (κ2) is 13.4. The molecule has 1 aliphatic rings. The number of nitrogens with one attached hydrogen (secondary N) is 1. The Bertz CT molecular complexity index is 1170. The van der Waals surface area contributed by atoms with Crippen LogP contribution in [0, 0.1) is 28.9 Å². The van der Waals surface area contributed by atoms with Gasteiger partial charge in [-0.3, -0.25) is 0 Å². The molecule has 1 aromatic carbocycles. The zero-order valence-corrected chi connectivity index (χ0v) is 21.3. The van der Waals surface area contributed by atoms with Crippen LogP contribution >= 0.6 is 0 Å². The van der Waals surface area contributed by atoms with Gasteiger partial charge in [0.1, 0.15) is 17.5 Å². The molecular formula is C30H34F3N3. The maximum absolute atomic E-state index is 14.5. The van der Waals surface area contributed by atoms with Gasteiger partial charge in [0.2, 0.25) is 0 Å². The Labute approximate surface area is 213 Å². The third kappa shape index (κ3) is 8.20. The van der Waals surface area contributed by atoms with E-state index in [4.69, 9.17) is 0 Å². The van der Waals surface area contributed by atoms with Crippen LogP contribution in [-0.2, 0) is 6.42 Å². The second-order valence-electron chi connectivity index (χ2n) is 9.07. The third-order valence-electron chi connectivity index (χ3n) is 6.07. The number of likely N-dealkylation sites (tertiary alicyclic amines) is 1. The summed E-state index contributed by atoms with van der Waals surface area (Å²) in [5.74, 6) is -1.36. The average Bonchev–Trinajstić information content (AvgIpc) is 2.86. The molecular weight excluding hydrogens is 459 g/mol. The lowest BCUT2D eigenvalue weighted by Gasteiger charge is -2.36. The zero-order valence-electron chi connectivity index (χ0n) is 21.3. The van der Waals surface area contributed by atoms with E-state index in [1.54, 1.807) is 25.2 Å². The summed E-state index contributed by atoms with van der Waals surface area (Å²) in [4.78, 5) is 2.08. The van der Waals surface area contributed by atoms with Crippen molar-refractivity contribution in [3.8, 4) is 6.07 Å². The second-order valence-corrected chi connectivity index (χ2v) is 9.07. The first-order valence-corrected chi connectivity index (χ1v) is 11.9. The molecule has 0 saturated carbocycles. The SMILES string of the molecule is C=C(N/C(=C/C(C#N)=C\C)C(=C)N1CCC(Cc2ccc(F)cc2F)CC1)C(=C)/C(F)=C\C=C(C)C. The number of nitrogens with zero attached hydrogens (tertiary/aromatic N) is 2. The van der Waals surface area contributed by atoms with Crippen molar-refractivity contribution >= 4 is 0 Å². The molecule has 6 heteroatoms. The Morgan fingerprint density at radius 2 is 1.83 bits per heavy atom. The molecule has 0 bridgehead atoms. The van der Waals surface area contributed by atoms with Crippen LogP contribution in [0.5, 0.6) is 0 Å². The highest BCUT2D eigenvalue weighted by Crippen LogP contribution is 2.28. The molecule has 1 N–H and O–H groups in total. The molecule has 0 radical (unpaired) electrons. The highest BCUT2D eigenvalue weighted by Gasteiger charge is 2.23. The van der Waals surface area contributed by atoms with E-state index in [0.29, 0.717) is 42.0 Å². The number of benzene rings is 1. The minimum atomic E-state index is -0.580. The molecule has 0 unspecified atom stereocenters. The van der Waals surface area contributed by atoms with E-state index in [1.165, 1.54) is 18.2 Å². The molecule has 0 amide bonds. The van der Waals surface area contributed by atoms with Gasteiger partial charge in [-0.15, -0.1) is 0 Å². The van der Waals surface area contributed by atoms with Crippen LogP contribution < -0.4 is 5.32 Å². The van der Waals surface area contributed by atoms with Crippen LogP contribution in [0.1, 0.15) is 39.2 Å². The summed E-state index contributed by atoms with van der Waals surface area (Å²) in [6.45, 7) is 18.8. The van der Waals surface area contributed by atoms with E-state index in [2.05, 4.69) is 36.0 Å². The van der Waals surface area contributed by atoms with Crippen LogP contribution in [0.4, 0.5) is 13.2 Å². The zero-order chi connectivity index (χ0) is 26.8. The number of hydrogen-bond donors (Lipinski definition) is 1. The van der Waals surface area contributed by atoms with Gasteiger partial charge in [-0.2, -0.15) is 5.26 Å². The summed E-state index contributed by atoms with van der Waals surface area (Å²) < 4.78 is 41.8. The van der Waals surface area contributed by atoms with Crippen molar-refractivity contribution in [1.82, 2.24) is 10.2 Å². The van der Waals surface area contributed by atoms with Crippen LogP contribution in [0.25, 0.3) is 0 Å². The fraction of sp³-hybridized carbons (Fsp3) is 0.300. The lowest BCUT2D eigenvalue weighted by Crippen LogP contribution is -2.36. The molecule has 1 aliphatic heterocycles. The molecule has 1 aromatic rings. The Morgan fingerprint density at radius 1 is 1.17 bits per heavy atom. The molecule has 3 nitrogen and oxygen atoms in total. The predicted molar refractivity (Wildman–Crippen MR) is 141 cm³/mol. The van der Waals surface area contributed by atoms with Gasteiger partial charge in [0.25, 0.3) is 0 Å². The van der Waals surface area contributed by atoms with Gasteiger partial charge in [0, 0.05) is 36.0 Å². The van der Waals surface area contributed by atoms with Crippen LogP contribution in [0.3, 0.4) is 0 Å². The van der Waals surface area contributed by atoms with Gasteiger partial charge in [-0.05, 0) is 69.7 Å². The summed E-state index contributed by atoms with van der Waals surface area (Å²) in [6, 6.07) is 5.82. The highest BCUT2D eigenvalue weighted by atomic mass is 19.1.